The van der Waals surface area contributed by atoms with Crippen molar-refractivity contribution in [2.75, 3.05) is 6.54 Å². The molecule has 0 aromatic carbocycles. The summed E-state index contributed by atoms with van der Waals surface area (Å²) in [6, 6.07) is 4.91. The molecule has 2 atom stereocenters. The fourth-order valence-electron chi connectivity index (χ4n) is 2.25. The van der Waals surface area contributed by atoms with E-state index in [9.17, 15) is 0 Å². The van der Waals surface area contributed by atoms with Gasteiger partial charge in [-0.2, -0.15) is 0 Å². The summed E-state index contributed by atoms with van der Waals surface area (Å²) in [5, 5.41) is 3.42. The van der Waals surface area contributed by atoms with E-state index in [4.69, 9.17) is 0 Å². The normalized spacial score (nSPS) is 29.4. The van der Waals surface area contributed by atoms with Crippen molar-refractivity contribution in [3.63, 3.8) is 0 Å². The van der Waals surface area contributed by atoms with Gasteiger partial charge >= 0.3 is 0 Å². The van der Waals surface area contributed by atoms with Crippen LogP contribution in [0.5, 0.6) is 0 Å². The third-order valence-corrected chi connectivity index (χ3v) is 3.27. The van der Waals surface area contributed by atoms with E-state index >= 15 is 0 Å². The van der Waals surface area contributed by atoms with Gasteiger partial charge in [-0.25, -0.2) is 0 Å². The van der Waals surface area contributed by atoms with Crippen LogP contribution in [0.25, 0.3) is 5.57 Å². The molecule has 0 spiro atoms. The lowest BCUT2D eigenvalue weighted by atomic mass is 9.94. The molecule has 1 aromatic rings. The lowest BCUT2D eigenvalue weighted by Crippen LogP contribution is -2.49. The SMILES string of the molecule is Cc1ccc(C2=CC3NCC3C2)cn1. The van der Waals surface area contributed by atoms with Crippen molar-refractivity contribution in [2.24, 2.45) is 5.92 Å². The Morgan fingerprint density at radius 1 is 1.43 bits per heavy atom. The van der Waals surface area contributed by atoms with Gasteiger partial charge in [-0.3, -0.25) is 4.98 Å². The highest BCUT2D eigenvalue weighted by molar-refractivity contribution is 5.68. The van der Waals surface area contributed by atoms with Crippen LogP contribution in [-0.2, 0) is 0 Å². The Labute approximate surface area is 84.1 Å². The van der Waals surface area contributed by atoms with Crippen molar-refractivity contribution in [3.05, 3.63) is 35.7 Å². The van der Waals surface area contributed by atoms with Crippen LogP contribution in [0, 0.1) is 12.8 Å². The Morgan fingerprint density at radius 3 is 2.86 bits per heavy atom. The summed E-state index contributed by atoms with van der Waals surface area (Å²) in [5.41, 5.74) is 3.86. The van der Waals surface area contributed by atoms with E-state index in [0.717, 1.165) is 11.6 Å². The van der Waals surface area contributed by atoms with Gasteiger partial charge in [-0.15, -0.1) is 0 Å². The summed E-state index contributed by atoms with van der Waals surface area (Å²) < 4.78 is 0. The van der Waals surface area contributed by atoms with Crippen molar-refractivity contribution in [1.29, 1.82) is 0 Å². The summed E-state index contributed by atoms with van der Waals surface area (Å²) >= 11 is 0. The van der Waals surface area contributed by atoms with Crippen molar-refractivity contribution in [3.8, 4) is 0 Å². The molecule has 0 bridgehead atoms. The maximum absolute atomic E-state index is 4.33. The molecule has 14 heavy (non-hydrogen) atoms. The monoisotopic (exact) mass is 186 g/mol. The molecule has 72 valence electrons. The Balaban J connectivity index is 1.89. The Kier molecular flexibility index (Phi) is 1.71. The van der Waals surface area contributed by atoms with E-state index in [2.05, 4.69) is 28.5 Å². The second-order valence-corrected chi connectivity index (χ2v) is 4.28. The molecule has 1 fully saturated rings. The van der Waals surface area contributed by atoms with Crippen LogP contribution in [0.4, 0.5) is 0 Å². The van der Waals surface area contributed by atoms with Gasteiger partial charge < -0.3 is 5.32 Å². The summed E-state index contributed by atoms with van der Waals surface area (Å²) in [6.45, 7) is 3.21. The molecule has 2 unspecified atom stereocenters. The van der Waals surface area contributed by atoms with E-state index in [0.29, 0.717) is 6.04 Å². The molecule has 2 nitrogen and oxygen atoms in total. The number of hydrogen-bond acceptors (Lipinski definition) is 2. The van der Waals surface area contributed by atoms with Gasteiger partial charge in [-0.05, 0) is 36.5 Å². The topological polar surface area (TPSA) is 24.9 Å². The van der Waals surface area contributed by atoms with Crippen LogP contribution in [0.2, 0.25) is 0 Å². The number of nitrogens with zero attached hydrogens (tertiary/aromatic N) is 1. The third kappa shape index (κ3) is 1.18. The minimum Gasteiger partial charge on any atom is -0.310 e. The minimum atomic E-state index is 0.645. The summed E-state index contributed by atoms with van der Waals surface area (Å²) in [4.78, 5) is 4.33. The second-order valence-electron chi connectivity index (χ2n) is 4.28. The lowest BCUT2D eigenvalue weighted by Gasteiger charge is -2.31. The van der Waals surface area contributed by atoms with Crippen LogP contribution in [0.15, 0.2) is 24.4 Å². The summed E-state index contributed by atoms with van der Waals surface area (Å²) in [6.07, 6.45) is 5.58. The number of rotatable bonds is 1. The molecule has 0 amide bonds. The molecule has 0 saturated carbocycles. The number of fused-ring (bicyclic) bond motifs is 1. The van der Waals surface area contributed by atoms with Crippen molar-refractivity contribution in [2.45, 2.75) is 19.4 Å². The highest BCUT2D eigenvalue weighted by atomic mass is 15.0. The second kappa shape index (κ2) is 2.92. The fraction of sp³-hybridized carbons (Fsp3) is 0.417. The lowest BCUT2D eigenvalue weighted by molar-refractivity contribution is 0.301. The minimum absolute atomic E-state index is 0.645. The molecule has 1 N–H and O–H groups in total. The van der Waals surface area contributed by atoms with Gasteiger partial charge in [0.2, 0.25) is 0 Å². The number of hydrogen-bond donors (Lipinski definition) is 1. The zero-order valence-corrected chi connectivity index (χ0v) is 8.33. The summed E-state index contributed by atoms with van der Waals surface area (Å²) in [5.74, 6) is 0.853. The molecule has 1 saturated heterocycles. The van der Waals surface area contributed by atoms with E-state index in [1.54, 1.807) is 0 Å². The zero-order valence-electron chi connectivity index (χ0n) is 8.33. The van der Waals surface area contributed by atoms with Gasteiger partial charge in [0, 0.05) is 24.5 Å². The van der Waals surface area contributed by atoms with Gasteiger partial charge in [-0.1, -0.05) is 12.1 Å². The molecule has 3 rings (SSSR count). The smallest absolute Gasteiger partial charge is 0.0373 e. The number of nitrogens with one attached hydrogen (secondary N) is 1. The van der Waals surface area contributed by atoms with E-state index < -0.39 is 0 Å². The largest absolute Gasteiger partial charge is 0.310 e. The number of aromatic nitrogens is 1. The standard InChI is InChI=1S/C12H14N2/c1-8-2-3-9(6-13-8)10-4-11-7-14-12(11)5-10/h2-3,5-6,11-12,14H,4,7H2,1H3. The summed E-state index contributed by atoms with van der Waals surface area (Å²) in [7, 11) is 0. The predicted molar refractivity (Wildman–Crippen MR) is 56.8 cm³/mol. The first kappa shape index (κ1) is 8.18. The average Bonchev–Trinajstić information content (AvgIpc) is 2.45. The highest BCUT2D eigenvalue weighted by Gasteiger charge is 2.34. The number of aryl methyl sites for hydroxylation is 1. The van der Waals surface area contributed by atoms with Crippen molar-refractivity contribution in [1.82, 2.24) is 10.3 Å². The molecule has 1 aliphatic heterocycles. The van der Waals surface area contributed by atoms with Crippen molar-refractivity contribution < 1.29 is 0 Å². The highest BCUT2D eigenvalue weighted by Crippen LogP contribution is 2.35. The maximum atomic E-state index is 4.33. The molecule has 0 radical (unpaired) electrons. The molecule has 2 heteroatoms. The van der Waals surface area contributed by atoms with Gasteiger partial charge in [0.15, 0.2) is 0 Å². The molecular weight excluding hydrogens is 172 g/mol. The third-order valence-electron chi connectivity index (χ3n) is 3.27. The van der Waals surface area contributed by atoms with E-state index in [-0.39, 0.29) is 0 Å². The van der Waals surface area contributed by atoms with Crippen LogP contribution in [-0.4, -0.2) is 17.6 Å². The molecule has 2 heterocycles. The molecular formula is C12H14N2. The van der Waals surface area contributed by atoms with Gasteiger partial charge in [0.05, 0.1) is 0 Å². The van der Waals surface area contributed by atoms with E-state index in [1.165, 1.54) is 24.1 Å². The van der Waals surface area contributed by atoms with Gasteiger partial charge in [0.1, 0.15) is 0 Å². The van der Waals surface area contributed by atoms with Crippen molar-refractivity contribution >= 4 is 5.57 Å². The molecule has 1 aliphatic carbocycles. The molecule has 1 aromatic heterocycles. The Bertz CT molecular complexity index is 378. The van der Waals surface area contributed by atoms with Crippen LogP contribution in [0.1, 0.15) is 17.7 Å². The molecule has 2 aliphatic rings. The first-order valence-corrected chi connectivity index (χ1v) is 5.20. The van der Waals surface area contributed by atoms with Crippen LogP contribution in [0.3, 0.4) is 0 Å². The number of allylic oxidation sites excluding steroid dienone is 1. The first-order chi connectivity index (χ1) is 6.83. The predicted octanol–water partition coefficient (Wildman–Crippen LogP) is 1.77. The quantitative estimate of drug-likeness (QED) is 0.723. The Morgan fingerprint density at radius 2 is 2.36 bits per heavy atom. The van der Waals surface area contributed by atoms with Crippen LogP contribution < -0.4 is 5.32 Å². The fourth-order valence-corrected chi connectivity index (χ4v) is 2.25. The number of pyridine rings is 1. The van der Waals surface area contributed by atoms with E-state index in [1.807, 2.05) is 13.1 Å². The Hall–Kier alpha value is -1.15. The van der Waals surface area contributed by atoms with Crippen LogP contribution >= 0.6 is 0 Å². The van der Waals surface area contributed by atoms with Gasteiger partial charge in [0.25, 0.3) is 0 Å². The zero-order chi connectivity index (χ0) is 9.54. The average molecular weight is 186 g/mol. The maximum Gasteiger partial charge on any atom is 0.0373 e. The first-order valence-electron chi connectivity index (χ1n) is 5.20.